The number of hydrogen-bond acceptors (Lipinski definition) is 4. The molecule has 6 nitrogen and oxygen atoms in total. The molecular formula is C23H22F3N3O3. The van der Waals surface area contributed by atoms with E-state index in [9.17, 15) is 18.0 Å². The van der Waals surface area contributed by atoms with Gasteiger partial charge >= 0.3 is 6.18 Å². The number of imidazole rings is 1. The number of ether oxygens (including phenoxy) is 1. The van der Waals surface area contributed by atoms with Crippen LogP contribution in [0.1, 0.15) is 41.8 Å². The predicted octanol–water partition coefficient (Wildman–Crippen LogP) is 4.76. The average Bonchev–Trinajstić information content (AvgIpc) is 3.19. The van der Waals surface area contributed by atoms with E-state index in [0.29, 0.717) is 29.9 Å². The van der Waals surface area contributed by atoms with Crippen molar-refractivity contribution in [2.75, 3.05) is 6.61 Å². The number of aromatic amines is 1. The third kappa shape index (κ3) is 5.74. The van der Waals surface area contributed by atoms with Crippen LogP contribution in [0.5, 0.6) is 0 Å². The van der Waals surface area contributed by atoms with Gasteiger partial charge in [-0.05, 0) is 48.2 Å². The van der Waals surface area contributed by atoms with Crippen LogP contribution in [0.15, 0.2) is 48.5 Å². The van der Waals surface area contributed by atoms with Gasteiger partial charge in [-0.1, -0.05) is 24.3 Å². The van der Waals surface area contributed by atoms with E-state index in [1.165, 1.54) is 12.1 Å². The second kappa shape index (κ2) is 9.54. The Morgan fingerprint density at radius 2 is 2.03 bits per heavy atom. The number of carbonyl (C=O) groups excluding carboxylic acids is 1. The fraction of sp³-hybridized carbons (Fsp3) is 0.304. The van der Waals surface area contributed by atoms with Crippen LogP contribution < -0.4 is 5.48 Å². The minimum atomic E-state index is -4.39. The van der Waals surface area contributed by atoms with Crippen LogP contribution >= 0.6 is 0 Å². The molecule has 1 saturated heterocycles. The zero-order valence-corrected chi connectivity index (χ0v) is 17.1. The van der Waals surface area contributed by atoms with E-state index in [1.807, 2.05) is 24.3 Å². The number of aromatic nitrogens is 2. The Bertz CT molecular complexity index is 1100. The normalized spacial score (nSPS) is 17.2. The van der Waals surface area contributed by atoms with Gasteiger partial charge in [0.15, 0.2) is 6.29 Å². The number of alkyl halides is 3. The number of nitrogens with zero attached hydrogens (tertiary/aromatic N) is 1. The molecule has 1 amide bonds. The van der Waals surface area contributed by atoms with Crippen molar-refractivity contribution in [2.45, 2.75) is 38.1 Å². The maximum atomic E-state index is 12.9. The Morgan fingerprint density at radius 3 is 2.75 bits per heavy atom. The molecular weight excluding hydrogens is 423 g/mol. The second-order valence-corrected chi connectivity index (χ2v) is 7.55. The Balaban J connectivity index is 1.33. The summed E-state index contributed by atoms with van der Waals surface area (Å²) in [5.41, 5.74) is 4.23. The molecule has 3 aromatic rings. The van der Waals surface area contributed by atoms with Crippen molar-refractivity contribution in [3.63, 3.8) is 0 Å². The molecule has 1 aromatic heterocycles. The summed E-state index contributed by atoms with van der Waals surface area (Å²) in [4.78, 5) is 24.4. The van der Waals surface area contributed by atoms with Crippen molar-refractivity contribution < 1.29 is 27.5 Å². The van der Waals surface area contributed by atoms with Gasteiger partial charge in [-0.2, -0.15) is 13.2 Å². The molecule has 1 unspecified atom stereocenters. The Morgan fingerprint density at radius 1 is 1.22 bits per heavy atom. The molecule has 32 heavy (non-hydrogen) atoms. The van der Waals surface area contributed by atoms with Crippen molar-refractivity contribution >= 4 is 23.0 Å². The number of carbonyl (C=O) groups is 1. The van der Waals surface area contributed by atoms with Crippen LogP contribution in [0.4, 0.5) is 13.2 Å². The maximum absolute atomic E-state index is 12.9. The Kier molecular flexibility index (Phi) is 6.57. The number of hydrogen-bond donors (Lipinski definition) is 2. The SMILES string of the molecule is O=C(C=Cc1ccc(Cc2nc3ccc(C(F)(F)F)cc3[nH]2)cc1)NOC1CCCCO1. The second-order valence-electron chi connectivity index (χ2n) is 7.55. The average molecular weight is 445 g/mol. The lowest BCUT2D eigenvalue weighted by molar-refractivity contribution is -0.198. The van der Waals surface area contributed by atoms with Gasteiger partial charge in [0.1, 0.15) is 5.82 Å². The molecule has 2 aromatic carbocycles. The van der Waals surface area contributed by atoms with Gasteiger partial charge in [0.2, 0.25) is 0 Å². The number of benzene rings is 2. The molecule has 168 valence electrons. The van der Waals surface area contributed by atoms with E-state index >= 15 is 0 Å². The summed E-state index contributed by atoms with van der Waals surface area (Å²) in [6, 6.07) is 10.9. The third-order valence-corrected chi connectivity index (χ3v) is 5.07. The molecule has 4 rings (SSSR count). The quantitative estimate of drug-likeness (QED) is 0.424. The first kappa shape index (κ1) is 22.0. The summed E-state index contributed by atoms with van der Waals surface area (Å²) in [7, 11) is 0. The highest BCUT2D eigenvalue weighted by molar-refractivity contribution is 5.90. The van der Waals surface area contributed by atoms with Crippen LogP contribution in [0.25, 0.3) is 17.1 Å². The molecule has 0 spiro atoms. The topological polar surface area (TPSA) is 76.2 Å². The number of amides is 1. The zero-order chi connectivity index (χ0) is 22.6. The fourth-order valence-corrected chi connectivity index (χ4v) is 3.40. The summed E-state index contributed by atoms with van der Waals surface area (Å²) >= 11 is 0. The van der Waals surface area contributed by atoms with Gasteiger partial charge in [-0.25, -0.2) is 15.3 Å². The van der Waals surface area contributed by atoms with Gasteiger partial charge in [0.25, 0.3) is 5.91 Å². The molecule has 0 bridgehead atoms. The first-order chi connectivity index (χ1) is 15.4. The first-order valence-corrected chi connectivity index (χ1v) is 10.3. The highest BCUT2D eigenvalue weighted by Gasteiger charge is 2.30. The molecule has 0 radical (unpaired) electrons. The third-order valence-electron chi connectivity index (χ3n) is 5.07. The van der Waals surface area contributed by atoms with E-state index in [-0.39, 0.29) is 5.91 Å². The van der Waals surface area contributed by atoms with E-state index in [0.717, 1.165) is 42.5 Å². The molecule has 2 N–H and O–H groups in total. The Labute approximate surface area is 182 Å². The monoisotopic (exact) mass is 445 g/mol. The van der Waals surface area contributed by atoms with Gasteiger partial charge in [0.05, 0.1) is 16.6 Å². The molecule has 0 saturated carbocycles. The van der Waals surface area contributed by atoms with Gasteiger partial charge in [-0.3, -0.25) is 4.79 Å². The van der Waals surface area contributed by atoms with Crippen LogP contribution in [-0.2, 0) is 27.0 Å². The van der Waals surface area contributed by atoms with Crippen molar-refractivity contribution in [1.29, 1.82) is 0 Å². The lowest BCUT2D eigenvalue weighted by atomic mass is 10.1. The van der Waals surface area contributed by atoms with E-state index in [4.69, 9.17) is 9.57 Å². The molecule has 0 aliphatic carbocycles. The molecule has 9 heteroatoms. The summed E-state index contributed by atoms with van der Waals surface area (Å²) in [5, 5.41) is 0. The largest absolute Gasteiger partial charge is 0.416 e. The minimum Gasteiger partial charge on any atom is -0.350 e. The smallest absolute Gasteiger partial charge is 0.350 e. The Hall–Kier alpha value is -3.17. The fourth-order valence-electron chi connectivity index (χ4n) is 3.40. The van der Waals surface area contributed by atoms with Gasteiger partial charge in [-0.15, -0.1) is 0 Å². The number of H-pyrrole nitrogens is 1. The summed E-state index contributed by atoms with van der Waals surface area (Å²) in [5.74, 6) is 0.188. The highest BCUT2D eigenvalue weighted by Crippen LogP contribution is 2.31. The molecule has 2 heterocycles. The number of fused-ring (bicyclic) bond motifs is 1. The van der Waals surface area contributed by atoms with Crippen molar-refractivity contribution in [1.82, 2.24) is 15.4 Å². The number of halogens is 3. The lowest BCUT2D eigenvalue weighted by Crippen LogP contribution is -2.32. The highest BCUT2D eigenvalue weighted by atomic mass is 19.4. The van der Waals surface area contributed by atoms with E-state index < -0.39 is 18.0 Å². The summed E-state index contributed by atoms with van der Waals surface area (Å²) in [6.45, 7) is 0.630. The van der Waals surface area contributed by atoms with Crippen LogP contribution in [0.2, 0.25) is 0 Å². The standard InChI is InChI=1S/C23H22F3N3O3/c24-23(25,26)17-9-10-18-19(14-17)28-20(27-18)13-16-6-4-15(5-7-16)8-11-21(30)29-32-22-3-1-2-12-31-22/h4-11,14,22H,1-3,12-13H2,(H,27,28)(H,29,30). The van der Waals surface area contributed by atoms with Gasteiger partial charge < -0.3 is 9.72 Å². The minimum absolute atomic E-state index is 0.348. The van der Waals surface area contributed by atoms with Crippen LogP contribution in [0, 0.1) is 0 Å². The van der Waals surface area contributed by atoms with Crippen LogP contribution in [-0.4, -0.2) is 28.8 Å². The van der Waals surface area contributed by atoms with Crippen molar-refractivity contribution in [3.05, 3.63) is 71.1 Å². The maximum Gasteiger partial charge on any atom is 0.416 e. The lowest BCUT2D eigenvalue weighted by Gasteiger charge is -2.21. The number of hydroxylamine groups is 1. The van der Waals surface area contributed by atoms with E-state index in [1.54, 1.807) is 6.08 Å². The molecule has 1 aliphatic heterocycles. The molecule has 1 aliphatic rings. The number of nitrogens with one attached hydrogen (secondary N) is 2. The molecule has 1 fully saturated rings. The summed E-state index contributed by atoms with van der Waals surface area (Å²) < 4.78 is 44.0. The van der Waals surface area contributed by atoms with Crippen molar-refractivity contribution in [2.24, 2.45) is 0 Å². The van der Waals surface area contributed by atoms with Crippen molar-refractivity contribution in [3.8, 4) is 0 Å². The predicted molar refractivity (Wildman–Crippen MR) is 112 cm³/mol. The number of rotatable bonds is 6. The van der Waals surface area contributed by atoms with Gasteiger partial charge in [0, 0.05) is 25.5 Å². The van der Waals surface area contributed by atoms with E-state index in [2.05, 4.69) is 15.4 Å². The first-order valence-electron chi connectivity index (χ1n) is 10.3. The molecule has 1 atom stereocenters. The zero-order valence-electron chi connectivity index (χ0n) is 17.1. The van der Waals surface area contributed by atoms with Crippen LogP contribution in [0.3, 0.4) is 0 Å². The summed E-state index contributed by atoms with van der Waals surface area (Å²) in [6.07, 6.45) is 1.42.